The SMILES string of the molecule is Cc1nc(Cl)cc(N2CCN(C(=O)OC(C)(C)C)C(C)C2)n1. The predicted molar refractivity (Wildman–Crippen MR) is 86.4 cm³/mol. The van der Waals surface area contributed by atoms with Gasteiger partial charge in [-0.05, 0) is 34.6 Å². The number of carbonyl (C=O) groups excluding carboxylic acids is 1. The third-order valence-electron chi connectivity index (χ3n) is 3.37. The number of amides is 1. The number of anilines is 1. The van der Waals surface area contributed by atoms with E-state index in [1.54, 1.807) is 11.0 Å². The van der Waals surface area contributed by atoms with Crippen LogP contribution in [0.1, 0.15) is 33.5 Å². The lowest BCUT2D eigenvalue weighted by Gasteiger charge is -2.40. The third-order valence-corrected chi connectivity index (χ3v) is 3.57. The van der Waals surface area contributed by atoms with Crippen LogP contribution in [0.3, 0.4) is 0 Å². The van der Waals surface area contributed by atoms with Gasteiger partial charge in [0, 0.05) is 31.7 Å². The van der Waals surface area contributed by atoms with E-state index in [1.807, 2.05) is 34.6 Å². The lowest BCUT2D eigenvalue weighted by molar-refractivity contribution is 0.0158. The Morgan fingerprint density at radius 3 is 2.59 bits per heavy atom. The van der Waals surface area contributed by atoms with Crippen LogP contribution >= 0.6 is 11.6 Å². The number of piperazine rings is 1. The predicted octanol–water partition coefficient (Wildman–Crippen LogP) is 2.88. The number of ether oxygens (including phenoxy) is 1. The van der Waals surface area contributed by atoms with Crippen molar-refractivity contribution in [3.63, 3.8) is 0 Å². The van der Waals surface area contributed by atoms with Gasteiger partial charge >= 0.3 is 6.09 Å². The van der Waals surface area contributed by atoms with Crippen LogP contribution in [-0.4, -0.2) is 52.2 Å². The minimum absolute atomic E-state index is 0.0395. The molecule has 1 aliphatic rings. The van der Waals surface area contributed by atoms with Crippen molar-refractivity contribution in [2.45, 2.75) is 46.3 Å². The van der Waals surface area contributed by atoms with E-state index < -0.39 is 5.60 Å². The molecular weight excluding hydrogens is 304 g/mol. The summed E-state index contributed by atoms with van der Waals surface area (Å²) >= 11 is 6.00. The van der Waals surface area contributed by atoms with Gasteiger partial charge in [0.1, 0.15) is 22.4 Å². The molecule has 122 valence electrons. The molecule has 1 aromatic heterocycles. The van der Waals surface area contributed by atoms with E-state index in [-0.39, 0.29) is 12.1 Å². The molecule has 0 bridgehead atoms. The second kappa shape index (κ2) is 6.28. The smallest absolute Gasteiger partial charge is 0.410 e. The summed E-state index contributed by atoms with van der Waals surface area (Å²) in [6.45, 7) is 11.4. The maximum atomic E-state index is 12.2. The lowest BCUT2D eigenvalue weighted by Crippen LogP contribution is -2.55. The molecule has 6 nitrogen and oxygen atoms in total. The van der Waals surface area contributed by atoms with Crippen LogP contribution in [0.15, 0.2) is 6.07 Å². The van der Waals surface area contributed by atoms with E-state index in [4.69, 9.17) is 16.3 Å². The Balaban J connectivity index is 2.05. The van der Waals surface area contributed by atoms with Gasteiger partial charge in [0.25, 0.3) is 0 Å². The van der Waals surface area contributed by atoms with E-state index in [2.05, 4.69) is 14.9 Å². The number of rotatable bonds is 1. The van der Waals surface area contributed by atoms with Gasteiger partial charge in [-0.2, -0.15) is 0 Å². The first-order valence-electron chi connectivity index (χ1n) is 7.41. The molecule has 0 aliphatic carbocycles. The molecule has 1 saturated heterocycles. The molecule has 22 heavy (non-hydrogen) atoms. The third kappa shape index (κ3) is 4.22. The highest BCUT2D eigenvalue weighted by atomic mass is 35.5. The van der Waals surface area contributed by atoms with Crippen LogP contribution in [0, 0.1) is 6.92 Å². The first-order valence-corrected chi connectivity index (χ1v) is 7.79. The summed E-state index contributed by atoms with van der Waals surface area (Å²) in [6, 6.07) is 1.79. The van der Waals surface area contributed by atoms with Gasteiger partial charge in [-0.15, -0.1) is 0 Å². The van der Waals surface area contributed by atoms with E-state index in [9.17, 15) is 4.79 Å². The zero-order valence-electron chi connectivity index (χ0n) is 13.8. The normalized spacial score (nSPS) is 19.3. The van der Waals surface area contributed by atoms with Gasteiger partial charge in [-0.3, -0.25) is 0 Å². The molecule has 1 fully saturated rings. The molecule has 1 unspecified atom stereocenters. The van der Waals surface area contributed by atoms with Gasteiger partial charge in [0.05, 0.1) is 0 Å². The highest BCUT2D eigenvalue weighted by molar-refractivity contribution is 6.29. The van der Waals surface area contributed by atoms with Crippen molar-refractivity contribution in [1.82, 2.24) is 14.9 Å². The molecule has 7 heteroatoms. The van der Waals surface area contributed by atoms with E-state index in [0.29, 0.717) is 30.6 Å². The molecule has 1 aliphatic heterocycles. The van der Waals surface area contributed by atoms with Crippen molar-refractivity contribution >= 4 is 23.5 Å². The van der Waals surface area contributed by atoms with Crippen LogP contribution in [0.25, 0.3) is 0 Å². The maximum Gasteiger partial charge on any atom is 0.410 e. The monoisotopic (exact) mass is 326 g/mol. The van der Waals surface area contributed by atoms with Crippen molar-refractivity contribution in [1.29, 1.82) is 0 Å². The largest absolute Gasteiger partial charge is 0.444 e. The molecule has 2 rings (SSSR count). The fourth-order valence-corrected chi connectivity index (χ4v) is 2.66. The number of aromatic nitrogens is 2. The lowest BCUT2D eigenvalue weighted by atomic mass is 10.2. The molecular formula is C15H23ClN4O2. The molecule has 1 amide bonds. The Kier molecular flexibility index (Phi) is 4.80. The number of hydrogen-bond acceptors (Lipinski definition) is 5. The number of nitrogens with zero attached hydrogens (tertiary/aromatic N) is 4. The van der Waals surface area contributed by atoms with E-state index in [0.717, 1.165) is 5.82 Å². The molecule has 0 N–H and O–H groups in total. The zero-order chi connectivity index (χ0) is 16.5. The van der Waals surface area contributed by atoms with Gasteiger partial charge < -0.3 is 14.5 Å². The minimum atomic E-state index is -0.481. The standard InChI is InChI=1S/C15H23ClN4O2/c1-10-9-19(13-8-12(16)17-11(2)18-13)6-7-20(10)14(21)22-15(3,4)5/h8,10H,6-7,9H2,1-5H3. The van der Waals surface area contributed by atoms with Crippen molar-refractivity contribution in [3.8, 4) is 0 Å². The first kappa shape index (κ1) is 16.8. The average Bonchev–Trinajstić information content (AvgIpc) is 2.35. The summed E-state index contributed by atoms with van der Waals surface area (Å²) in [4.78, 5) is 24.6. The van der Waals surface area contributed by atoms with Crippen LogP contribution in [0.2, 0.25) is 5.15 Å². The Morgan fingerprint density at radius 2 is 2.05 bits per heavy atom. The fourth-order valence-electron chi connectivity index (χ4n) is 2.44. The molecule has 0 aromatic carbocycles. The van der Waals surface area contributed by atoms with Crippen molar-refractivity contribution in [3.05, 3.63) is 17.0 Å². The summed E-state index contributed by atoms with van der Waals surface area (Å²) in [5.74, 6) is 1.44. The number of halogens is 1. The maximum absolute atomic E-state index is 12.2. The molecule has 0 saturated carbocycles. The Morgan fingerprint density at radius 1 is 1.36 bits per heavy atom. The van der Waals surface area contributed by atoms with Crippen molar-refractivity contribution < 1.29 is 9.53 Å². The van der Waals surface area contributed by atoms with Crippen molar-refractivity contribution in [2.75, 3.05) is 24.5 Å². The molecule has 0 spiro atoms. The first-order chi connectivity index (χ1) is 10.2. The average molecular weight is 327 g/mol. The number of hydrogen-bond donors (Lipinski definition) is 0. The topological polar surface area (TPSA) is 58.6 Å². The Labute approximate surface area is 136 Å². The van der Waals surface area contributed by atoms with E-state index in [1.165, 1.54) is 0 Å². The zero-order valence-corrected chi connectivity index (χ0v) is 14.5. The highest BCUT2D eigenvalue weighted by Crippen LogP contribution is 2.21. The van der Waals surface area contributed by atoms with Crippen LogP contribution in [-0.2, 0) is 4.74 Å². The van der Waals surface area contributed by atoms with Gasteiger partial charge in [-0.25, -0.2) is 14.8 Å². The molecule has 1 aromatic rings. The summed E-state index contributed by atoms with van der Waals surface area (Å²) < 4.78 is 5.45. The second-order valence-corrected chi connectivity index (χ2v) is 6.95. The summed E-state index contributed by atoms with van der Waals surface area (Å²) in [7, 11) is 0. The van der Waals surface area contributed by atoms with Crippen LogP contribution < -0.4 is 4.90 Å². The van der Waals surface area contributed by atoms with Gasteiger partial charge in [0.15, 0.2) is 0 Å². The molecule has 2 heterocycles. The number of carbonyl (C=O) groups is 1. The minimum Gasteiger partial charge on any atom is -0.444 e. The summed E-state index contributed by atoms with van der Waals surface area (Å²) in [6.07, 6.45) is -0.267. The fraction of sp³-hybridized carbons (Fsp3) is 0.667. The van der Waals surface area contributed by atoms with Gasteiger partial charge in [-0.1, -0.05) is 11.6 Å². The Bertz CT molecular complexity index is 539. The highest BCUT2D eigenvalue weighted by Gasteiger charge is 2.31. The van der Waals surface area contributed by atoms with Crippen molar-refractivity contribution in [2.24, 2.45) is 0 Å². The Hall–Kier alpha value is -1.56. The molecule has 1 atom stereocenters. The van der Waals surface area contributed by atoms with Gasteiger partial charge in [0.2, 0.25) is 0 Å². The summed E-state index contributed by atoms with van der Waals surface area (Å²) in [5, 5.41) is 0.435. The van der Waals surface area contributed by atoms with Crippen LogP contribution in [0.4, 0.5) is 10.6 Å². The van der Waals surface area contributed by atoms with Crippen LogP contribution in [0.5, 0.6) is 0 Å². The quantitative estimate of drug-likeness (QED) is 0.743. The molecule has 0 radical (unpaired) electrons. The summed E-state index contributed by atoms with van der Waals surface area (Å²) in [5.41, 5.74) is -0.481. The number of aryl methyl sites for hydroxylation is 1. The second-order valence-electron chi connectivity index (χ2n) is 6.56. The van der Waals surface area contributed by atoms with E-state index >= 15 is 0 Å².